The third kappa shape index (κ3) is 3.29. The predicted octanol–water partition coefficient (Wildman–Crippen LogP) is 4.05. The summed E-state index contributed by atoms with van der Waals surface area (Å²) in [5, 5.41) is 23.7. The van der Waals surface area contributed by atoms with Gasteiger partial charge in [-0.15, -0.1) is 0 Å². The molecule has 7 rings (SSSR count). The Kier molecular flexibility index (Phi) is 5.31. The summed E-state index contributed by atoms with van der Waals surface area (Å²) in [5.74, 6) is 1.36. The van der Waals surface area contributed by atoms with Gasteiger partial charge in [-0.2, -0.15) is 0 Å². The van der Waals surface area contributed by atoms with Crippen LogP contribution in [0.2, 0.25) is 0 Å². The van der Waals surface area contributed by atoms with E-state index in [1.54, 1.807) is 12.1 Å². The van der Waals surface area contributed by atoms with E-state index >= 15 is 0 Å². The zero-order valence-corrected chi connectivity index (χ0v) is 22.6. The molecule has 1 amide bonds. The Hall–Kier alpha value is -2.83. The van der Waals surface area contributed by atoms with Crippen molar-refractivity contribution in [3.05, 3.63) is 64.7 Å². The molecule has 2 N–H and O–H groups in total. The molecule has 0 aromatic heterocycles. The summed E-state index contributed by atoms with van der Waals surface area (Å²) >= 11 is 0. The molecule has 5 aliphatic rings. The van der Waals surface area contributed by atoms with Crippen LogP contribution in [0.5, 0.6) is 11.5 Å². The summed E-state index contributed by atoms with van der Waals surface area (Å²) in [6, 6.07) is 11.7. The molecule has 2 aromatic carbocycles. The van der Waals surface area contributed by atoms with Crippen molar-refractivity contribution in [2.45, 2.75) is 75.2 Å². The number of hydrogen-bond donors (Lipinski definition) is 2. The highest BCUT2D eigenvalue weighted by Gasteiger charge is 2.74. The maximum absolute atomic E-state index is 13.5. The van der Waals surface area contributed by atoms with Crippen LogP contribution in [0.4, 0.5) is 0 Å². The number of rotatable bonds is 5. The molecule has 2 bridgehead atoms. The van der Waals surface area contributed by atoms with Crippen molar-refractivity contribution in [3.63, 3.8) is 0 Å². The van der Waals surface area contributed by atoms with E-state index in [0.29, 0.717) is 12.2 Å². The molecule has 2 aliphatic heterocycles. The zero-order valence-electron chi connectivity index (χ0n) is 22.6. The first kappa shape index (κ1) is 24.2. The molecular weight excluding hydrogens is 476 g/mol. The van der Waals surface area contributed by atoms with E-state index in [0.717, 1.165) is 48.5 Å². The van der Waals surface area contributed by atoms with Gasteiger partial charge >= 0.3 is 0 Å². The molecule has 0 radical (unpaired) electrons. The molecular formula is C32H38N2O4. The maximum atomic E-state index is 13.5. The van der Waals surface area contributed by atoms with Crippen molar-refractivity contribution in [1.29, 1.82) is 0 Å². The van der Waals surface area contributed by atoms with Crippen LogP contribution in [-0.4, -0.2) is 69.8 Å². The molecule has 1 saturated heterocycles. The fraction of sp³-hybridized carbons (Fsp3) is 0.531. The van der Waals surface area contributed by atoms with Crippen LogP contribution in [0, 0.1) is 18.8 Å². The van der Waals surface area contributed by atoms with Gasteiger partial charge in [-0.1, -0.05) is 42.8 Å². The number of carbonyl (C=O) groups is 1. The van der Waals surface area contributed by atoms with Crippen LogP contribution in [0.15, 0.2) is 42.5 Å². The smallest absolute Gasteiger partial charge is 0.246 e. The van der Waals surface area contributed by atoms with Gasteiger partial charge in [0.1, 0.15) is 6.10 Å². The van der Waals surface area contributed by atoms with Crippen molar-refractivity contribution in [2.75, 3.05) is 20.1 Å². The number of likely N-dealkylation sites (tertiary alicyclic amines) is 1. The monoisotopic (exact) mass is 514 g/mol. The number of piperidine rings is 1. The van der Waals surface area contributed by atoms with Gasteiger partial charge in [0.2, 0.25) is 5.91 Å². The minimum Gasteiger partial charge on any atom is -0.504 e. The second-order valence-electron chi connectivity index (χ2n) is 12.7. The highest BCUT2D eigenvalue weighted by Crippen LogP contribution is 2.66. The van der Waals surface area contributed by atoms with E-state index in [9.17, 15) is 15.0 Å². The maximum Gasteiger partial charge on any atom is 0.246 e. The molecule has 6 atom stereocenters. The minimum atomic E-state index is -0.964. The Labute approximate surface area is 224 Å². The lowest BCUT2D eigenvalue weighted by atomic mass is 9.46. The molecule has 2 heterocycles. The number of hydrogen-bond acceptors (Lipinski definition) is 5. The molecule has 1 spiro atoms. The van der Waals surface area contributed by atoms with Gasteiger partial charge < -0.3 is 19.8 Å². The Bertz CT molecular complexity index is 1330. The quantitative estimate of drug-likeness (QED) is 0.589. The fourth-order valence-corrected chi connectivity index (χ4v) is 8.52. The van der Waals surface area contributed by atoms with Gasteiger partial charge in [0.15, 0.2) is 11.5 Å². The topological polar surface area (TPSA) is 73.2 Å². The third-order valence-electron chi connectivity index (χ3n) is 10.3. The number of phenols is 1. The Morgan fingerprint density at radius 1 is 1.26 bits per heavy atom. The Morgan fingerprint density at radius 3 is 2.84 bits per heavy atom. The highest BCUT2D eigenvalue weighted by atomic mass is 16.5. The summed E-state index contributed by atoms with van der Waals surface area (Å²) in [5.41, 5.74) is 2.73. The van der Waals surface area contributed by atoms with Crippen molar-refractivity contribution < 1.29 is 19.7 Å². The van der Waals surface area contributed by atoms with E-state index in [1.165, 1.54) is 18.4 Å². The van der Waals surface area contributed by atoms with Crippen molar-refractivity contribution in [1.82, 2.24) is 9.80 Å². The molecule has 6 nitrogen and oxygen atoms in total. The number of carbonyl (C=O) groups excluding carboxylic acids is 1. The molecule has 6 heteroatoms. The predicted molar refractivity (Wildman–Crippen MR) is 146 cm³/mol. The number of aromatic hydroxyl groups is 1. The zero-order chi connectivity index (χ0) is 26.4. The second-order valence-corrected chi connectivity index (χ2v) is 12.7. The number of nitrogens with zero attached hydrogens (tertiary/aromatic N) is 2. The number of aliphatic hydroxyl groups is 1. The normalized spacial score (nSPS) is 35.2. The van der Waals surface area contributed by atoms with Crippen LogP contribution in [0.3, 0.4) is 0 Å². The largest absolute Gasteiger partial charge is 0.504 e. The molecule has 200 valence electrons. The highest BCUT2D eigenvalue weighted by molar-refractivity contribution is 5.92. The lowest BCUT2D eigenvalue weighted by Crippen LogP contribution is -2.79. The van der Waals surface area contributed by atoms with Gasteiger partial charge in [0, 0.05) is 31.3 Å². The minimum absolute atomic E-state index is 0.0246. The lowest BCUT2D eigenvalue weighted by Gasteiger charge is -2.66. The summed E-state index contributed by atoms with van der Waals surface area (Å²) in [6.45, 7) is 6.15. The molecule has 38 heavy (non-hydrogen) atoms. The average Bonchev–Trinajstić information content (AvgIpc) is 3.62. The summed E-state index contributed by atoms with van der Waals surface area (Å²) in [7, 11) is 1.86. The molecule has 3 unspecified atom stereocenters. The average molecular weight is 515 g/mol. The Balaban J connectivity index is 1.28. The van der Waals surface area contributed by atoms with Crippen LogP contribution in [0.25, 0.3) is 6.08 Å². The summed E-state index contributed by atoms with van der Waals surface area (Å²) < 4.78 is 6.69. The molecule has 2 saturated carbocycles. The van der Waals surface area contributed by atoms with Gasteiger partial charge in [0.05, 0.1) is 17.1 Å². The number of aryl methyl sites for hydroxylation is 1. The molecule has 3 fully saturated rings. The fourth-order valence-electron chi connectivity index (χ4n) is 8.52. The standard InChI is InChI=1S/C32H38N2O4/c1-19-5-4-6-21(15-19)9-12-26(36)33(3)28-20(2)17-32(37)25-16-23-10-11-24(35)29-27(23)31(32,30(28)38-29)13-14-34(25)18-22-7-8-22/h4-6,9-12,15,20,22,25,28,30,35,37H,7-8,13-14,16-18H2,1-3H3/b12-9+/t20?,25-,28?,30?,31+,32-/m1/s1. The molecule has 3 aliphatic carbocycles. The first-order chi connectivity index (χ1) is 18.2. The van der Waals surface area contributed by atoms with Gasteiger partial charge in [-0.3, -0.25) is 9.69 Å². The third-order valence-corrected chi connectivity index (χ3v) is 10.3. The number of benzene rings is 2. The number of likely N-dealkylation sites (N-methyl/N-ethyl adjacent to an activating group) is 1. The van der Waals surface area contributed by atoms with Gasteiger partial charge in [0.25, 0.3) is 0 Å². The Morgan fingerprint density at radius 2 is 2.08 bits per heavy atom. The van der Waals surface area contributed by atoms with Crippen LogP contribution >= 0.6 is 0 Å². The molecule has 2 aromatic rings. The van der Waals surface area contributed by atoms with Crippen LogP contribution in [0.1, 0.15) is 54.9 Å². The van der Waals surface area contributed by atoms with E-state index < -0.39 is 17.1 Å². The van der Waals surface area contributed by atoms with E-state index in [2.05, 4.69) is 17.9 Å². The number of ether oxygens (including phenoxy) is 1. The number of amides is 1. The van der Waals surface area contributed by atoms with Gasteiger partial charge in [-0.25, -0.2) is 0 Å². The second kappa shape index (κ2) is 8.33. The van der Waals surface area contributed by atoms with Crippen molar-refractivity contribution >= 4 is 12.0 Å². The van der Waals surface area contributed by atoms with E-state index in [4.69, 9.17) is 4.74 Å². The number of phenolic OH excluding ortho intramolecular Hbond substituents is 1. The summed E-state index contributed by atoms with van der Waals surface area (Å²) in [6.07, 6.45) is 7.83. The van der Waals surface area contributed by atoms with Crippen molar-refractivity contribution in [3.8, 4) is 11.5 Å². The summed E-state index contributed by atoms with van der Waals surface area (Å²) in [4.78, 5) is 17.9. The first-order valence-corrected chi connectivity index (χ1v) is 14.2. The van der Waals surface area contributed by atoms with Gasteiger partial charge in [-0.05, 0) is 80.7 Å². The van der Waals surface area contributed by atoms with Crippen LogP contribution < -0.4 is 4.74 Å². The lowest BCUT2D eigenvalue weighted by molar-refractivity contribution is -0.212. The SMILES string of the molecule is Cc1cccc(/C=C/C(=O)N(C)C2C(C)C[C@@]3(O)[C@H]4Cc5ccc(O)c6c5[C@@]3(CCN4CC3CC3)C2O6)c1. The van der Waals surface area contributed by atoms with Crippen LogP contribution in [-0.2, 0) is 16.6 Å². The first-order valence-electron chi connectivity index (χ1n) is 14.2. The van der Waals surface area contributed by atoms with Crippen molar-refractivity contribution in [2.24, 2.45) is 11.8 Å². The van der Waals surface area contributed by atoms with E-state index in [-0.39, 0.29) is 29.7 Å². The van der Waals surface area contributed by atoms with E-state index in [1.807, 2.05) is 49.2 Å².